The quantitative estimate of drug-likeness (QED) is 0.521. The molecular formula is C17H24SSi. The summed E-state index contributed by atoms with van der Waals surface area (Å²) < 4.78 is 0. The molecule has 0 aliphatic heterocycles. The number of thiophene rings is 1. The Labute approximate surface area is 123 Å². The molecule has 102 valence electrons. The molecule has 0 spiro atoms. The smallest absolute Gasteiger partial charge is 0.135 e. The van der Waals surface area contributed by atoms with Gasteiger partial charge < -0.3 is 0 Å². The summed E-state index contributed by atoms with van der Waals surface area (Å²) in [5, 5.41) is 2.05. The predicted octanol–water partition coefficient (Wildman–Crippen LogP) is 5.32. The average Bonchev–Trinajstić information content (AvgIpc) is 2.80. The minimum Gasteiger partial charge on any atom is -0.135 e. The van der Waals surface area contributed by atoms with E-state index in [0.29, 0.717) is 16.6 Å². The van der Waals surface area contributed by atoms with Crippen molar-refractivity contribution in [3.8, 4) is 23.3 Å². The maximum absolute atomic E-state index is 3.61. The lowest BCUT2D eigenvalue weighted by atomic mass is 10.4. The van der Waals surface area contributed by atoms with Crippen LogP contribution in [-0.4, -0.2) is 8.07 Å². The van der Waals surface area contributed by atoms with Crippen molar-refractivity contribution in [1.29, 1.82) is 0 Å². The molecule has 0 saturated heterocycles. The molecule has 0 aliphatic carbocycles. The first-order valence-corrected chi connectivity index (χ1v) is 10.1. The van der Waals surface area contributed by atoms with Crippen molar-refractivity contribution in [3.63, 3.8) is 0 Å². The number of hydrogen-bond acceptors (Lipinski definition) is 1. The van der Waals surface area contributed by atoms with Crippen LogP contribution in [0.15, 0.2) is 17.5 Å². The van der Waals surface area contributed by atoms with Crippen LogP contribution >= 0.6 is 11.3 Å². The fourth-order valence-corrected chi connectivity index (χ4v) is 8.73. The van der Waals surface area contributed by atoms with Gasteiger partial charge in [0.05, 0.1) is 4.88 Å². The molecule has 0 atom stereocenters. The summed E-state index contributed by atoms with van der Waals surface area (Å²) in [6.07, 6.45) is 0. The highest BCUT2D eigenvalue weighted by Crippen LogP contribution is 2.40. The van der Waals surface area contributed by atoms with Crippen LogP contribution < -0.4 is 0 Å². The second kappa shape index (κ2) is 6.99. The van der Waals surface area contributed by atoms with E-state index in [-0.39, 0.29) is 0 Å². The summed E-state index contributed by atoms with van der Waals surface area (Å²) >= 11 is 1.67. The highest BCUT2D eigenvalue weighted by atomic mass is 32.1. The van der Waals surface area contributed by atoms with E-state index in [0.717, 1.165) is 4.88 Å². The highest BCUT2D eigenvalue weighted by Gasteiger charge is 2.41. The van der Waals surface area contributed by atoms with Gasteiger partial charge in [0.25, 0.3) is 0 Å². The molecule has 0 amide bonds. The van der Waals surface area contributed by atoms with Gasteiger partial charge in [-0.2, -0.15) is 0 Å². The van der Waals surface area contributed by atoms with Crippen LogP contribution in [0.1, 0.15) is 46.4 Å². The Kier molecular flexibility index (Phi) is 5.92. The lowest BCUT2D eigenvalue weighted by Crippen LogP contribution is -2.43. The molecule has 0 unspecified atom stereocenters. The number of rotatable bonds is 3. The largest absolute Gasteiger partial charge is 0.147 e. The SMILES string of the molecule is CC(C)[Si](C#CC#Cc1cccs1)(C(C)C)C(C)C. The first-order valence-electron chi connectivity index (χ1n) is 6.98. The molecular weight excluding hydrogens is 264 g/mol. The number of hydrogen-bond donors (Lipinski definition) is 0. The van der Waals surface area contributed by atoms with Gasteiger partial charge in [-0.3, -0.25) is 0 Å². The molecule has 0 nitrogen and oxygen atoms in total. The van der Waals surface area contributed by atoms with Gasteiger partial charge in [0.1, 0.15) is 8.07 Å². The second-order valence-electron chi connectivity index (χ2n) is 5.87. The lowest BCUT2D eigenvalue weighted by Gasteiger charge is -2.37. The van der Waals surface area contributed by atoms with Crippen molar-refractivity contribution < 1.29 is 0 Å². The molecule has 19 heavy (non-hydrogen) atoms. The lowest BCUT2D eigenvalue weighted by molar-refractivity contribution is 0.838. The molecule has 1 aromatic rings. The minimum atomic E-state index is -1.61. The molecule has 0 aromatic carbocycles. The minimum absolute atomic E-state index is 0.670. The molecule has 0 N–H and O–H groups in total. The van der Waals surface area contributed by atoms with E-state index < -0.39 is 8.07 Å². The van der Waals surface area contributed by atoms with Gasteiger partial charge >= 0.3 is 0 Å². The first-order chi connectivity index (χ1) is 8.91. The summed E-state index contributed by atoms with van der Waals surface area (Å²) in [4.78, 5) is 1.10. The Morgan fingerprint density at radius 3 is 1.95 bits per heavy atom. The van der Waals surface area contributed by atoms with Crippen LogP contribution in [0.2, 0.25) is 16.6 Å². The fraction of sp³-hybridized carbons (Fsp3) is 0.529. The summed E-state index contributed by atoms with van der Waals surface area (Å²) in [6.45, 7) is 14.0. The van der Waals surface area contributed by atoms with Gasteiger partial charge in [-0.1, -0.05) is 47.6 Å². The van der Waals surface area contributed by atoms with E-state index in [1.807, 2.05) is 17.5 Å². The van der Waals surface area contributed by atoms with Crippen LogP contribution in [0.3, 0.4) is 0 Å². The van der Waals surface area contributed by atoms with Crippen molar-refractivity contribution in [2.75, 3.05) is 0 Å². The molecule has 1 aromatic heterocycles. The summed E-state index contributed by atoms with van der Waals surface area (Å²) in [6, 6.07) is 4.06. The Bertz CT molecular complexity index is 479. The van der Waals surface area contributed by atoms with Gasteiger partial charge in [0.15, 0.2) is 0 Å². The third-order valence-corrected chi connectivity index (χ3v) is 11.0. The zero-order valence-corrected chi connectivity index (χ0v) is 14.7. The summed E-state index contributed by atoms with van der Waals surface area (Å²) in [5.74, 6) is 9.34. The van der Waals surface area contributed by atoms with Gasteiger partial charge in [-0.15, -0.1) is 16.9 Å². The monoisotopic (exact) mass is 288 g/mol. The van der Waals surface area contributed by atoms with Crippen molar-refractivity contribution in [1.82, 2.24) is 0 Å². The van der Waals surface area contributed by atoms with Crippen molar-refractivity contribution in [2.24, 2.45) is 0 Å². The Morgan fingerprint density at radius 1 is 0.947 bits per heavy atom. The Morgan fingerprint density at radius 2 is 1.53 bits per heavy atom. The van der Waals surface area contributed by atoms with Crippen molar-refractivity contribution in [3.05, 3.63) is 22.4 Å². The zero-order chi connectivity index (χ0) is 14.5. The normalized spacial score (nSPS) is 11.2. The van der Waals surface area contributed by atoms with E-state index in [9.17, 15) is 0 Å². The van der Waals surface area contributed by atoms with E-state index in [1.54, 1.807) is 11.3 Å². The highest BCUT2D eigenvalue weighted by molar-refractivity contribution is 7.10. The average molecular weight is 289 g/mol. The Hall–Kier alpha value is -0.963. The standard InChI is InChI=1S/C17H24SSi/c1-14(2)19(15(3)4,16(5)6)13-8-7-10-17-11-9-12-18-17/h9,11-12,14-16H,1-6H3. The molecule has 1 heterocycles. The summed E-state index contributed by atoms with van der Waals surface area (Å²) in [5.41, 5.74) is 5.62. The third kappa shape index (κ3) is 3.75. The van der Waals surface area contributed by atoms with Gasteiger partial charge in [-0.05, 0) is 45.8 Å². The molecule has 0 aliphatic rings. The molecule has 0 saturated carbocycles. The van der Waals surface area contributed by atoms with Crippen LogP contribution in [0.4, 0.5) is 0 Å². The molecule has 2 heteroatoms. The fourth-order valence-electron chi connectivity index (χ4n) is 3.02. The van der Waals surface area contributed by atoms with Crippen molar-refractivity contribution >= 4 is 19.4 Å². The Balaban J connectivity index is 3.03. The van der Waals surface area contributed by atoms with E-state index in [1.165, 1.54) is 0 Å². The molecule has 1 rings (SSSR count). The van der Waals surface area contributed by atoms with Gasteiger partial charge in [-0.25, -0.2) is 0 Å². The van der Waals surface area contributed by atoms with E-state index in [4.69, 9.17) is 0 Å². The van der Waals surface area contributed by atoms with Crippen molar-refractivity contribution in [2.45, 2.75) is 58.2 Å². The molecule has 0 bridgehead atoms. The molecule has 0 fully saturated rings. The van der Waals surface area contributed by atoms with Gasteiger partial charge in [0, 0.05) is 0 Å². The van der Waals surface area contributed by atoms with Crippen LogP contribution in [0, 0.1) is 23.3 Å². The maximum atomic E-state index is 3.61. The second-order valence-corrected chi connectivity index (χ2v) is 12.4. The maximum Gasteiger partial charge on any atom is 0.147 e. The zero-order valence-electron chi connectivity index (χ0n) is 12.9. The van der Waals surface area contributed by atoms with Crippen LogP contribution in [0.5, 0.6) is 0 Å². The first kappa shape index (κ1) is 16.1. The topological polar surface area (TPSA) is 0 Å². The molecule has 0 radical (unpaired) electrons. The predicted molar refractivity (Wildman–Crippen MR) is 90.0 cm³/mol. The van der Waals surface area contributed by atoms with Gasteiger partial charge in [0.2, 0.25) is 0 Å². The summed E-state index contributed by atoms with van der Waals surface area (Å²) in [7, 11) is -1.61. The van der Waals surface area contributed by atoms with Crippen LogP contribution in [0.25, 0.3) is 0 Å². The van der Waals surface area contributed by atoms with Crippen LogP contribution in [-0.2, 0) is 0 Å². The van der Waals surface area contributed by atoms with E-state index in [2.05, 4.69) is 64.8 Å². The van der Waals surface area contributed by atoms with E-state index >= 15 is 0 Å². The third-order valence-electron chi connectivity index (χ3n) is 3.91.